The van der Waals surface area contributed by atoms with E-state index in [2.05, 4.69) is 17.6 Å². The number of rotatable bonds is 0. The van der Waals surface area contributed by atoms with Gasteiger partial charge in [-0.15, -0.1) is 0 Å². The summed E-state index contributed by atoms with van der Waals surface area (Å²) in [5, 5.41) is 6.93. The fourth-order valence-corrected chi connectivity index (χ4v) is 2.64. The highest BCUT2D eigenvalue weighted by molar-refractivity contribution is 7.81. The Morgan fingerprint density at radius 2 is 2.09 bits per heavy atom. The quantitative estimate of drug-likeness (QED) is 0.466. The van der Waals surface area contributed by atoms with E-state index in [0.717, 1.165) is 19.0 Å². The van der Waals surface area contributed by atoms with Crippen LogP contribution in [0.5, 0.6) is 0 Å². The van der Waals surface area contributed by atoms with Gasteiger partial charge in [-0.3, -0.25) is 0 Å². The second-order valence-corrected chi connectivity index (χ2v) is 4.91. The molecule has 2 fully saturated rings. The molecule has 0 bridgehead atoms. The molecule has 2 aliphatic heterocycles. The van der Waals surface area contributed by atoms with E-state index < -0.39 is 0 Å². The van der Waals surface area contributed by atoms with Crippen LogP contribution in [-0.2, 0) is 0 Å². The molecule has 0 aliphatic carbocycles. The largest absolute Gasteiger partial charge is 0.302 e. The standard InChI is InChI=1S/C8H16N2S/c1-8(11)3-5-10-7-6(8)2-4-9-7/h6-7,9-11H,2-5H2,1H3. The Labute approximate surface area is 73.5 Å². The smallest absolute Gasteiger partial charge is 0.0614 e. The summed E-state index contributed by atoms with van der Waals surface area (Å²) in [7, 11) is 0. The Bertz CT molecular complexity index is 158. The first-order chi connectivity index (χ1) is 5.20. The molecule has 3 heteroatoms. The molecule has 3 unspecified atom stereocenters. The molecule has 0 aromatic carbocycles. The maximum atomic E-state index is 4.71. The molecule has 0 spiro atoms. The predicted octanol–water partition coefficient (Wildman–Crippen LogP) is 0.604. The minimum Gasteiger partial charge on any atom is -0.302 e. The Morgan fingerprint density at radius 1 is 1.36 bits per heavy atom. The number of hydrogen-bond donors (Lipinski definition) is 3. The highest BCUT2D eigenvalue weighted by Crippen LogP contribution is 2.37. The summed E-state index contributed by atoms with van der Waals surface area (Å²) in [5.74, 6) is 0.722. The van der Waals surface area contributed by atoms with Crippen molar-refractivity contribution in [2.45, 2.75) is 30.7 Å². The van der Waals surface area contributed by atoms with Crippen LogP contribution < -0.4 is 10.6 Å². The fraction of sp³-hybridized carbons (Fsp3) is 1.00. The average Bonchev–Trinajstić information content (AvgIpc) is 2.34. The van der Waals surface area contributed by atoms with Crippen LogP contribution in [-0.4, -0.2) is 24.0 Å². The van der Waals surface area contributed by atoms with Gasteiger partial charge in [0.15, 0.2) is 0 Å². The Morgan fingerprint density at radius 3 is 2.82 bits per heavy atom. The fourth-order valence-electron chi connectivity index (χ4n) is 2.25. The molecule has 3 atom stereocenters. The van der Waals surface area contributed by atoms with Gasteiger partial charge in [0, 0.05) is 10.7 Å². The number of hydrogen-bond acceptors (Lipinski definition) is 3. The van der Waals surface area contributed by atoms with Crippen molar-refractivity contribution < 1.29 is 0 Å². The monoisotopic (exact) mass is 172 g/mol. The molecule has 2 heterocycles. The van der Waals surface area contributed by atoms with Crippen molar-refractivity contribution in [3.8, 4) is 0 Å². The van der Waals surface area contributed by atoms with Gasteiger partial charge in [0.2, 0.25) is 0 Å². The minimum absolute atomic E-state index is 0.249. The van der Waals surface area contributed by atoms with Gasteiger partial charge >= 0.3 is 0 Å². The summed E-state index contributed by atoms with van der Waals surface area (Å²) in [6.07, 6.45) is 3.00. The van der Waals surface area contributed by atoms with Gasteiger partial charge in [0.05, 0.1) is 6.17 Å². The van der Waals surface area contributed by atoms with Gasteiger partial charge in [0.1, 0.15) is 0 Å². The van der Waals surface area contributed by atoms with Gasteiger partial charge in [-0.25, -0.2) is 0 Å². The third-order valence-corrected chi connectivity index (χ3v) is 3.57. The van der Waals surface area contributed by atoms with Gasteiger partial charge in [-0.2, -0.15) is 12.6 Å². The number of fused-ring (bicyclic) bond motifs is 1. The van der Waals surface area contributed by atoms with Gasteiger partial charge in [-0.1, -0.05) is 6.92 Å². The van der Waals surface area contributed by atoms with Crippen LogP contribution in [0.4, 0.5) is 0 Å². The summed E-state index contributed by atoms with van der Waals surface area (Å²) in [5.41, 5.74) is 0. The maximum Gasteiger partial charge on any atom is 0.0614 e. The minimum atomic E-state index is 0.249. The summed E-state index contributed by atoms with van der Waals surface area (Å²) < 4.78 is 0.249. The molecule has 2 aliphatic rings. The predicted molar refractivity (Wildman–Crippen MR) is 49.9 cm³/mol. The van der Waals surface area contributed by atoms with E-state index in [0.29, 0.717) is 6.17 Å². The summed E-state index contributed by atoms with van der Waals surface area (Å²) in [6.45, 7) is 4.52. The zero-order valence-electron chi connectivity index (χ0n) is 6.93. The van der Waals surface area contributed by atoms with Crippen LogP contribution in [0, 0.1) is 5.92 Å². The number of piperidine rings is 1. The third kappa shape index (κ3) is 1.30. The Kier molecular flexibility index (Phi) is 1.90. The number of thiol groups is 1. The van der Waals surface area contributed by atoms with Crippen molar-refractivity contribution in [3.63, 3.8) is 0 Å². The third-order valence-electron chi connectivity index (χ3n) is 3.02. The first kappa shape index (κ1) is 7.90. The highest BCUT2D eigenvalue weighted by atomic mass is 32.1. The molecule has 0 radical (unpaired) electrons. The molecule has 2 nitrogen and oxygen atoms in total. The van der Waals surface area contributed by atoms with E-state index in [9.17, 15) is 0 Å². The van der Waals surface area contributed by atoms with Gasteiger partial charge in [-0.05, 0) is 25.9 Å². The second kappa shape index (κ2) is 2.64. The lowest BCUT2D eigenvalue weighted by molar-refractivity contribution is 0.250. The van der Waals surface area contributed by atoms with Crippen molar-refractivity contribution in [2.24, 2.45) is 5.92 Å². The van der Waals surface area contributed by atoms with E-state index in [-0.39, 0.29) is 4.75 Å². The van der Waals surface area contributed by atoms with Gasteiger partial charge in [0.25, 0.3) is 0 Å². The van der Waals surface area contributed by atoms with Crippen LogP contribution in [0.25, 0.3) is 0 Å². The summed E-state index contributed by atoms with van der Waals surface area (Å²) in [6, 6.07) is 0. The first-order valence-corrected chi connectivity index (χ1v) is 4.84. The van der Waals surface area contributed by atoms with E-state index in [1.165, 1.54) is 12.8 Å². The van der Waals surface area contributed by atoms with Crippen LogP contribution in [0.2, 0.25) is 0 Å². The molecule has 0 aromatic heterocycles. The molecular weight excluding hydrogens is 156 g/mol. The van der Waals surface area contributed by atoms with Gasteiger partial charge < -0.3 is 10.6 Å². The lowest BCUT2D eigenvalue weighted by Gasteiger charge is -2.39. The van der Waals surface area contributed by atoms with E-state index >= 15 is 0 Å². The van der Waals surface area contributed by atoms with Crippen molar-refractivity contribution >= 4 is 12.6 Å². The Hall–Kier alpha value is 0.270. The summed E-state index contributed by atoms with van der Waals surface area (Å²) in [4.78, 5) is 0. The van der Waals surface area contributed by atoms with Crippen molar-refractivity contribution in [1.82, 2.24) is 10.6 Å². The average molecular weight is 172 g/mol. The van der Waals surface area contributed by atoms with Crippen LogP contribution in [0.15, 0.2) is 0 Å². The van der Waals surface area contributed by atoms with E-state index in [4.69, 9.17) is 12.6 Å². The lowest BCUT2D eigenvalue weighted by atomic mass is 9.84. The molecule has 11 heavy (non-hydrogen) atoms. The Balaban J connectivity index is 2.13. The van der Waals surface area contributed by atoms with Crippen molar-refractivity contribution in [3.05, 3.63) is 0 Å². The van der Waals surface area contributed by atoms with E-state index in [1.54, 1.807) is 0 Å². The normalized spacial score (nSPS) is 50.7. The highest BCUT2D eigenvalue weighted by Gasteiger charge is 2.41. The second-order valence-electron chi connectivity index (χ2n) is 3.89. The van der Waals surface area contributed by atoms with E-state index in [1.807, 2.05) is 0 Å². The summed E-state index contributed by atoms with van der Waals surface area (Å²) >= 11 is 4.71. The molecule has 0 amide bonds. The molecule has 64 valence electrons. The zero-order chi connectivity index (χ0) is 7.90. The van der Waals surface area contributed by atoms with Crippen LogP contribution in [0.3, 0.4) is 0 Å². The molecule has 2 N–H and O–H groups in total. The first-order valence-electron chi connectivity index (χ1n) is 4.39. The van der Waals surface area contributed by atoms with Crippen LogP contribution >= 0.6 is 12.6 Å². The SMILES string of the molecule is CC1(S)CCNC2NCCC21. The molecule has 2 saturated heterocycles. The maximum absolute atomic E-state index is 4.71. The molecule has 0 saturated carbocycles. The number of nitrogens with one attached hydrogen (secondary N) is 2. The molecule has 0 aromatic rings. The topological polar surface area (TPSA) is 24.1 Å². The lowest BCUT2D eigenvalue weighted by Crippen LogP contribution is -2.53. The van der Waals surface area contributed by atoms with Crippen molar-refractivity contribution in [1.29, 1.82) is 0 Å². The molecule has 2 rings (SSSR count). The molecular formula is C8H16N2S. The zero-order valence-corrected chi connectivity index (χ0v) is 7.82. The van der Waals surface area contributed by atoms with Crippen molar-refractivity contribution in [2.75, 3.05) is 13.1 Å². The van der Waals surface area contributed by atoms with Crippen LogP contribution in [0.1, 0.15) is 19.8 Å².